The van der Waals surface area contributed by atoms with Gasteiger partial charge in [0.1, 0.15) is 5.82 Å². The molecule has 1 N–H and O–H groups in total. The summed E-state index contributed by atoms with van der Waals surface area (Å²) in [6.45, 7) is 2.84. The van der Waals surface area contributed by atoms with Crippen LogP contribution in [0.2, 0.25) is 0 Å². The molecule has 0 radical (unpaired) electrons. The lowest BCUT2D eigenvalue weighted by Crippen LogP contribution is -2.01. The second kappa shape index (κ2) is 5.63. The highest BCUT2D eigenvalue weighted by Gasteiger charge is 2.00. The number of rotatable bonds is 3. The Morgan fingerprint density at radius 3 is 2.65 bits per heavy atom. The molecule has 3 aromatic rings. The molecule has 1 heterocycles. The van der Waals surface area contributed by atoms with Gasteiger partial charge in [-0.15, -0.1) is 0 Å². The number of pyridine rings is 1. The fourth-order valence-corrected chi connectivity index (χ4v) is 2.39. The second-order valence-electron chi connectivity index (χ2n) is 4.85. The maximum absolute atomic E-state index is 4.36. The minimum Gasteiger partial charge on any atom is -0.366 e. The molecule has 0 atom stereocenters. The monoisotopic (exact) mass is 326 g/mol. The van der Waals surface area contributed by atoms with Crippen LogP contribution in [0.15, 0.2) is 59.2 Å². The zero-order valence-electron chi connectivity index (χ0n) is 11.2. The number of hydrogen-bond acceptors (Lipinski definition) is 2. The van der Waals surface area contributed by atoms with Crippen LogP contribution < -0.4 is 5.32 Å². The maximum atomic E-state index is 4.36. The summed E-state index contributed by atoms with van der Waals surface area (Å²) < 4.78 is 1.04. The van der Waals surface area contributed by atoms with Crippen LogP contribution in [0.4, 0.5) is 5.82 Å². The predicted molar refractivity (Wildman–Crippen MR) is 87.9 cm³/mol. The topological polar surface area (TPSA) is 24.9 Å². The Morgan fingerprint density at radius 1 is 1.05 bits per heavy atom. The molecule has 0 aliphatic rings. The van der Waals surface area contributed by atoms with E-state index < -0.39 is 0 Å². The second-order valence-corrected chi connectivity index (χ2v) is 5.71. The lowest BCUT2D eigenvalue weighted by molar-refractivity contribution is 1.11. The van der Waals surface area contributed by atoms with Gasteiger partial charge in [0, 0.05) is 17.2 Å². The van der Waals surface area contributed by atoms with Gasteiger partial charge in [-0.2, -0.15) is 0 Å². The van der Waals surface area contributed by atoms with Crippen LogP contribution in [0.5, 0.6) is 0 Å². The first-order chi connectivity index (χ1) is 9.72. The lowest BCUT2D eigenvalue weighted by Gasteiger charge is -2.08. The van der Waals surface area contributed by atoms with Crippen molar-refractivity contribution in [2.24, 2.45) is 0 Å². The molecule has 20 heavy (non-hydrogen) atoms. The Hall–Kier alpha value is -1.87. The molecule has 0 spiro atoms. The third-order valence-corrected chi connectivity index (χ3v) is 4.16. The van der Waals surface area contributed by atoms with Gasteiger partial charge in [-0.05, 0) is 56.9 Å². The Kier molecular flexibility index (Phi) is 3.70. The van der Waals surface area contributed by atoms with Crippen molar-refractivity contribution in [1.29, 1.82) is 0 Å². The van der Waals surface area contributed by atoms with Gasteiger partial charge in [-0.1, -0.05) is 36.4 Å². The molecule has 3 rings (SSSR count). The van der Waals surface area contributed by atoms with E-state index in [1.54, 1.807) is 0 Å². The van der Waals surface area contributed by atoms with E-state index in [0.29, 0.717) is 0 Å². The van der Waals surface area contributed by atoms with Crippen LogP contribution in [0.1, 0.15) is 11.1 Å². The van der Waals surface area contributed by atoms with Crippen LogP contribution in [-0.4, -0.2) is 4.98 Å². The number of aryl methyl sites for hydroxylation is 1. The number of aromatic nitrogens is 1. The summed E-state index contributed by atoms with van der Waals surface area (Å²) >= 11 is 3.46. The normalized spacial score (nSPS) is 10.7. The van der Waals surface area contributed by atoms with Gasteiger partial charge in [0.05, 0.1) is 0 Å². The molecule has 2 nitrogen and oxygen atoms in total. The first-order valence-electron chi connectivity index (χ1n) is 6.56. The van der Waals surface area contributed by atoms with E-state index in [0.717, 1.165) is 16.8 Å². The van der Waals surface area contributed by atoms with E-state index in [-0.39, 0.29) is 0 Å². The molecule has 100 valence electrons. The van der Waals surface area contributed by atoms with Gasteiger partial charge in [-0.25, -0.2) is 4.98 Å². The van der Waals surface area contributed by atoms with Crippen molar-refractivity contribution < 1.29 is 0 Å². The highest BCUT2D eigenvalue weighted by molar-refractivity contribution is 9.10. The molecule has 0 bridgehead atoms. The predicted octanol–water partition coefficient (Wildman–Crippen LogP) is 4.92. The van der Waals surface area contributed by atoms with Gasteiger partial charge in [0.2, 0.25) is 0 Å². The van der Waals surface area contributed by atoms with Crippen LogP contribution in [0.3, 0.4) is 0 Å². The highest BCUT2D eigenvalue weighted by atomic mass is 79.9. The molecule has 0 amide bonds. The van der Waals surface area contributed by atoms with E-state index >= 15 is 0 Å². The quantitative estimate of drug-likeness (QED) is 0.739. The number of nitrogens with zero attached hydrogens (tertiary/aromatic N) is 1. The first kappa shape index (κ1) is 13.1. The molecule has 0 fully saturated rings. The summed E-state index contributed by atoms with van der Waals surface area (Å²) in [4.78, 5) is 4.36. The third kappa shape index (κ3) is 2.83. The summed E-state index contributed by atoms with van der Waals surface area (Å²) in [5, 5.41) is 5.90. The molecular formula is C17H15BrN2. The summed E-state index contributed by atoms with van der Waals surface area (Å²) in [5.41, 5.74) is 2.44. The number of fused-ring (bicyclic) bond motifs is 1. The van der Waals surface area contributed by atoms with Crippen molar-refractivity contribution in [2.45, 2.75) is 13.5 Å². The Labute approximate surface area is 127 Å². The number of benzene rings is 2. The van der Waals surface area contributed by atoms with Gasteiger partial charge >= 0.3 is 0 Å². The van der Waals surface area contributed by atoms with Crippen LogP contribution in [0, 0.1) is 6.92 Å². The lowest BCUT2D eigenvalue weighted by atomic mass is 10.1. The smallest absolute Gasteiger partial charge is 0.126 e. The van der Waals surface area contributed by atoms with Crippen molar-refractivity contribution in [3.8, 4) is 0 Å². The van der Waals surface area contributed by atoms with Crippen LogP contribution in [-0.2, 0) is 6.54 Å². The average molecular weight is 327 g/mol. The summed E-state index contributed by atoms with van der Waals surface area (Å²) in [7, 11) is 0. The van der Waals surface area contributed by atoms with E-state index in [1.165, 1.54) is 21.9 Å². The molecular weight excluding hydrogens is 312 g/mol. The standard InChI is InChI=1S/C17H15BrN2/c1-12-8-17(20-11-16(12)18)19-10-13-6-7-14-4-2-3-5-15(14)9-13/h2-9,11H,10H2,1H3,(H,19,20). The Morgan fingerprint density at radius 2 is 1.85 bits per heavy atom. The molecule has 1 aromatic heterocycles. The minimum absolute atomic E-state index is 0.777. The number of halogens is 1. The van der Waals surface area contributed by atoms with Crippen molar-refractivity contribution in [3.63, 3.8) is 0 Å². The zero-order chi connectivity index (χ0) is 13.9. The zero-order valence-corrected chi connectivity index (χ0v) is 12.8. The molecule has 3 heteroatoms. The number of nitrogens with one attached hydrogen (secondary N) is 1. The van der Waals surface area contributed by atoms with Gasteiger partial charge in [-0.3, -0.25) is 0 Å². The number of anilines is 1. The van der Waals surface area contributed by atoms with Crippen LogP contribution in [0.25, 0.3) is 10.8 Å². The molecule has 0 aliphatic carbocycles. The Bertz CT molecular complexity index is 753. The van der Waals surface area contributed by atoms with Crippen LogP contribution >= 0.6 is 15.9 Å². The SMILES string of the molecule is Cc1cc(NCc2ccc3ccccc3c2)ncc1Br. The highest BCUT2D eigenvalue weighted by Crippen LogP contribution is 2.19. The molecule has 0 unspecified atom stereocenters. The largest absolute Gasteiger partial charge is 0.366 e. The fraction of sp³-hybridized carbons (Fsp3) is 0.118. The van der Waals surface area contributed by atoms with E-state index in [2.05, 4.69) is 75.6 Å². The molecule has 0 saturated heterocycles. The minimum atomic E-state index is 0.777. The molecule has 0 aliphatic heterocycles. The van der Waals surface area contributed by atoms with Crippen molar-refractivity contribution >= 4 is 32.5 Å². The molecule has 2 aromatic carbocycles. The first-order valence-corrected chi connectivity index (χ1v) is 7.35. The van der Waals surface area contributed by atoms with Crippen molar-refractivity contribution in [2.75, 3.05) is 5.32 Å². The van der Waals surface area contributed by atoms with Gasteiger partial charge < -0.3 is 5.32 Å². The summed E-state index contributed by atoms with van der Waals surface area (Å²) in [6, 6.07) is 17.0. The summed E-state index contributed by atoms with van der Waals surface area (Å²) in [5.74, 6) is 0.902. The average Bonchev–Trinajstić information content (AvgIpc) is 2.48. The number of hydrogen-bond donors (Lipinski definition) is 1. The van der Waals surface area contributed by atoms with E-state index in [9.17, 15) is 0 Å². The van der Waals surface area contributed by atoms with Crippen molar-refractivity contribution in [3.05, 3.63) is 70.3 Å². The molecule has 0 saturated carbocycles. The van der Waals surface area contributed by atoms with E-state index in [1.807, 2.05) is 12.3 Å². The van der Waals surface area contributed by atoms with E-state index in [4.69, 9.17) is 0 Å². The van der Waals surface area contributed by atoms with Gasteiger partial charge in [0.25, 0.3) is 0 Å². The van der Waals surface area contributed by atoms with Gasteiger partial charge in [0.15, 0.2) is 0 Å². The Balaban J connectivity index is 1.77. The maximum Gasteiger partial charge on any atom is 0.126 e. The van der Waals surface area contributed by atoms with Crippen molar-refractivity contribution in [1.82, 2.24) is 4.98 Å². The third-order valence-electron chi connectivity index (χ3n) is 3.33. The summed E-state index contributed by atoms with van der Waals surface area (Å²) in [6.07, 6.45) is 1.83. The fourth-order valence-electron chi connectivity index (χ4n) is 2.18.